The highest BCUT2D eigenvalue weighted by molar-refractivity contribution is 6.32. The summed E-state index contributed by atoms with van der Waals surface area (Å²) in [5, 5.41) is 28.5. The monoisotopic (exact) mass is 362 g/mol. The van der Waals surface area contributed by atoms with Gasteiger partial charge in [-0.1, -0.05) is 0 Å². The minimum Gasteiger partial charge on any atom is -0.402 e. The van der Waals surface area contributed by atoms with Crippen LogP contribution in [0.5, 0.6) is 0 Å². The van der Waals surface area contributed by atoms with Gasteiger partial charge in [-0.05, 0) is 42.5 Å². The van der Waals surface area contributed by atoms with Crippen LogP contribution in [0.1, 0.15) is 44.0 Å². The van der Waals surface area contributed by atoms with Crippen LogP contribution in [0.3, 0.4) is 0 Å². The largest absolute Gasteiger partial charge is 0.633 e. The number of amides is 1. The van der Waals surface area contributed by atoms with Crippen molar-refractivity contribution in [2.75, 3.05) is 19.7 Å². The van der Waals surface area contributed by atoms with Crippen molar-refractivity contribution < 1.29 is 19.5 Å². The Kier molecular flexibility index (Phi) is 9.15. The molecule has 12 heteroatoms. The Morgan fingerprint density at radius 2 is 2.04 bits per heavy atom. The molecular formula is C12H24BClN6O4. The molecule has 1 aromatic rings. The van der Waals surface area contributed by atoms with Gasteiger partial charge in [0.05, 0.1) is 6.04 Å². The normalized spacial score (nSPS) is 15.2. The van der Waals surface area contributed by atoms with Crippen molar-refractivity contribution in [2.45, 2.75) is 44.7 Å². The van der Waals surface area contributed by atoms with Gasteiger partial charge in [-0.15, -0.1) is 17.5 Å². The summed E-state index contributed by atoms with van der Waals surface area (Å²) in [6, 6.07) is -0.379. The van der Waals surface area contributed by atoms with Crippen molar-refractivity contribution in [1.29, 1.82) is 0 Å². The molecule has 4 N–H and O–H groups in total. The number of halogens is 1. The molecule has 0 aliphatic carbocycles. The minimum absolute atomic E-state index is 0. The molecule has 2 rings (SSSR count). The first-order valence-electron chi connectivity index (χ1n) is 7.85. The van der Waals surface area contributed by atoms with E-state index in [2.05, 4.69) is 20.2 Å². The molecule has 1 atom stereocenters. The van der Waals surface area contributed by atoms with Gasteiger partial charge in [-0.2, -0.15) is 0 Å². The molecule has 1 aliphatic rings. The van der Waals surface area contributed by atoms with Crippen LogP contribution in [-0.4, -0.2) is 68.1 Å². The van der Waals surface area contributed by atoms with Gasteiger partial charge in [0.15, 0.2) is 5.82 Å². The highest BCUT2D eigenvalue weighted by atomic mass is 35.5. The van der Waals surface area contributed by atoms with E-state index in [-0.39, 0.29) is 37.5 Å². The zero-order valence-electron chi connectivity index (χ0n) is 13.5. The first-order chi connectivity index (χ1) is 11.1. The third-order valence-corrected chi connectivity index (χ3v) is 3.81. The Morgan fingerprint density at radius 1 is 1.33 bits per heavy atom. The highest BCUT2D eigenvalue weighted by Gasteiger charge is 2.22. The Bertz CT molecular complexity index is 500. The molecule has 2 heterocycles. The molecule has 0 spiro atoms. The quantitative estimate of drug-likeness (QED) is 0.370. The predicted octanol–water partition coefficient (Wildman–Crippen LogP) is -1.13. The lowest BCUT2D eigenvalue weighted by Gasteiger charge is -2.16. The second-order valence-corrected chi connectivity index (χ2v) is 5.58. The molecule has 0 bridgehead atoms. The third kappa shape index (κ3) is 6.32. The van der Waals surface area contributed by atoms with Crippen LogP contribution in [0, 0.1) is 0 Å². The van der Waals surface area contributed by atoms with E-state index in [4.69, 9.17) is 15.8 Å². The van der Waals surface area contributed by atoms with Gasteiger partial charge in [0, 0.05) is 19.7 Å². The Morgan fingerprint density at radius 3 is 2.71 bits per heavy atom. The molecular weight excluding hydrogens is 338 g/mol. The molecule has 0 aromatic carbocycles. The van der Waals surface area contributed by atoms with Gasteiger partial charge in [0.25, 0.3) is 0 Å². The number of hydrogen-bond donors (Lipinski definition) is 3. The number of rotatable bonds is 9. The maximum absolute atomic E-state index is 12.2. The van der Waals surface area contributed by atoms with E-state index in [0.29, 0.717) is 18.7 Å². The van der Waals surface area contributed by atoms with Crippen molar-refractivity contribution in [3.63, 3.8) is 0 Å². The molecule has 136 valence electrons. The van der Waals surface area contributed by atoms with Crippen molar-refractivity contribution in [3.05, 3.63) is 5.82 Å². The number of nitrogens with two attached hydrogens (primary N) is 1. The number of carbonyl (C=O) groups excluding carboxylic acids is 1. The van der Waals surface area contributed by atoms with Gasteiger partial charge in [0.1, 0.15) is 6.54 Å². The number of unbranched alkanes of at least 4 members (excludes halogenated alkanes) is 1. The van der Waals surface area contributed by atoms with Crippen LogP contribution in [-0.2, 0) is 16.0 Å². The van der Waals surface area contributed by atoms with Gasteiger partial charge < -0.3 is 25.3 Å². The molecule has 1 fully saturated rings. The average Bonchev–Trinajstić information content (AvgIpc) is 3.17. The summed E-state index contributed by atoms with van der Waals surface area (Å²) in [6.45, 7) is 1.93. The number of hydrogen-bond acceptors (Lipinski definition) is 8. The summed E-state index contributed by atoms with van der Waals surface area (Å²) in [7, 11) is -1.74. The van der Waals surface area contributed by atoms with E-state index in [9.17, 15) is 4.79 Å². The summed E-state index contributed by atoms with van der Waals surface area (Å²) in [5.41, 5.74) is 6.08. The minimum atomic E-state index is -1.74. The van der Waals surface area contributed by atoms with Crippen LogP contribution in [0.2, 0.25) is 0 Å². The number of aromatic nitrogens is 4. The first kappa shape index (κ1) is 20.8. The van der Waals surface area contributed by atoms with Crippen LogP contribution in [0.15, 0.2) is 0 Å². The molecule has 1 amide bonds. The number of carbonyl (C=O) groups is 1. The fraction of sp³-hybridized carbons (Fsp3) is 0.833. The highest BCUT2D eigenvalue weighted by Crippen LogP contribution is 2.15. The molecule has 1 aliphatic heterocycles. The van der Waals surface area contributed by atoms with Crippen molar-refractivity contribution in [3.8, 4) is 0 Å². The molecule has 10 nitrogen and oxygen atoms in total. The summed E-state index contributed by atoms with van der Waals surface area (Å²) < 4.78 is 6.08. The van der Waals surface area contributed by atoms with E-state index in [1.165, 1.54) is 4.68 Å². The summed E-state index contributed by atoms with van der Waals surface area (Å²) in [4.78, 5) is 14.0. The lowest BCUT2D eigenvalue weighted by atomic mass is 10.1. The first-order valence-corrected chi connectivity index (χ1v) is 7.85. The lowest BCUT2D eigenvalue weighted by Crippen LogP contribution is -2.32. The zero-order valence-corrected chi connectivity index (χ0v) is 14.3. The standard InChI is InChI=1S/C12H23BN6O4.ClH/c14-10(5-1-4-8-23-13(21)22)12-15-16-17-19(12)9-11(20)18-6-2-3-7-18;/h10,21-22H,1-9,14H2;1H. The zero-order chi connectivity index (χ0) is 16.7. The van der Waals surface area contributed by atoms with E-state index < -0.39 is 7.32 Å². The molecule has 24 heavy (non-hydrogen) atoms. The summed E-state index contributed by atoms with van der Waals surface area (Å²) >= 11 is 0. The van der Waals surface area contributed by atoms with Crippen molar-refractivity contribution >= 4 is 25.6 Å². The predicted molar refractivity (Wildman–Crippen MR) is 87.8 cm³/mol. The van der Waals surface area contributed by atoms with Crippen LogP contribution >= 0.6 is 12.4 Å². The molecule has 1 saturated heterocycles. The van der Waals surface area contributed by atoms with E-state index in [1.807, 2.05) is 4.90 Å². The van der Waals surface area contributed by atoms with E-state index >= 15 is 0 Å². The Balaban J connectivity index is 0.00000288. The summed E-state index contributed by atoms with van der Waals surface area (Å²) in [6.07, 6.45) is 4.06. The number of likely N-dealkylation sites (tertiary alicyclic amines) is 1. The number of tetrazole rings is 1. The molecule has 1 aromatic heterocycles. The van der Waals surface area contributed by atoms with Gasteiger partial charge in [-0.3, -0.25) is 4.79 Å². The third-order valence-electron chi connectivity index (χ3n) is 3.81. The van der Waals surface area contributed by atoms with Gasteiger partial charge >= 0.3 is 7.32 Å². The summed E-state index contributed by atoms with van der Waals surface area (Å²) in [5.74, 6) is 0.495. The smallest absolute Gasteiger partial charge is 0.402 e. The van der Waals surface area contributed by atoms with Gasteiger partial charge in [0.2, 0.25) is 5.91 Å². The number of nitrogens with zero attached hydrogens (tertiary/aromatic N) is 5. The Labute approximate surface area is 146 Å². The fourth-order valence-electron chi connectivity index (χ4n) is 2.57. The van der Waals surface area contributed by atoms with Crippen molar-refractivity contribution in [2.24, 2.45) is 5.73 Å². The van der Waals surface area contributed by atoms with Crippen LogP contribution in [0.25, 0.3) is 0 Å². The molecule has 1 unspecified atom stereocenters. The van der Waals surface area contributed by atoms with Crippen molar-refractivity contribution in [1.82, 2.24) is 25.1 Å². The van der Waals surface area contributed by atoms with Crippen LogP contribution in [0.4, 0.5) is 0 Å². The maximum Gasteiger partial charge on any atom is 0.633 e. The topological polar surface area (TPSA) is 140 Å². The SMILES string of the molecule is Cl.NC(CCCCOB(O)O)c1nnnn1CC(=O)N1CCCC1. The second kappa shape index (κ2) is 10.6. The Hall–Kier alpha value is -1.27. The van der Waals surface area contributed by atoms with Gasteiger partial charge in [-0.25, -0.2) is 4.68 Å². The average molecular weight is 363 g/mol. The molecule has 0 radical (unpaired) electrons. The van der Waals surface area contributed by atoms with Crippen LogP contribution < -0.4 is 5.73 Å². The fourth-order valence-corrected chi connectivity index (χ4v) is 2.57. The van der Waals surface area contributed by atoms with E-state index in [1.54, 1.807) is 0 Å². The molecule has 0 saturated carbocycles. The van der Waals surface area contributed by atoms with E-state index in [0.717, 1.165) is 32.4 Å². The maximum atomic E-state index is 12.2. The second-order valence-electron chi connectivity index (χ2n) is 5.58. The lowest BCUT2D eigenvalue weighted by molar-refractivity contribution is -0.131.